The largest absolute Gasteiger partial charge is 0.497 e. The Kier molecular flexibility index (Phi) is 5.18. The highest BCUT2D eigenvalue weighted by Gasteiger charge is 2.22. The number of benzene rings is 2. The summed E-state index contributed by atoms with van der Waals surface area (Å²) in [6, 6.07) is 18.2. The predicted octanol–water partition coefficient (Wildman–Crippen LogP) is 3.50. The molecule has 1 aliphatic heterocycles. The molecular formula is C23H23N7O. The van der Waals surface area contributed by atoms with E-state index in [1.54, 1.807) is 19.5 Å². The number of hydrogen-bond donors (Lipinski definition) is 1. The summed E-state index contributed by atoms with van der Waals surface area (Å²) in [6.07, 6.45) is 3.34. The van der Waals surface area contributed by atoms with E-state index in [9.17, 15) is 0 Å². The van der Waals surface area contributed by atoms with E-state index < -0.39 is 0 Å². The second kappa shape index (κ2) is 8.43. The van der Waals surface area contributed by atoms with E-state index in [-0.39, 0.29) is 0 Å². The molecule has 1 aliphatic rings. The van der Waals surface area contributed by atoms with Crippen LogP contribution >= 0.6 is 0 Å². The number of ether oxygens (including phenoxy) is 1. The third-order valence-electron chi connectivity index (χ3n) is 5.34. The van der Waals surface area contributed by atoms with E-state index in [4.69, 9.17) is 9.72 Å². The zero-order valence-corrected chi connectivity index (χ0v) is 17.3. The minimum atomic E-state index is 0.488. The first-order valence-corrected chi connectivity index (χ1v) is 10.2. The van der Waals surface area contributed by atoms with Crippen molar-refractivity contribution in [3.63, 3.8) is 0 Å². The highest BCUT2D eigenvalue weighted by atomic mass is 16.5. The lowest BCUT2D eigenvalue weighted by molar-refractivity contribution is 0.415. The van der Waals surface area contributed by atoms with Crippen molar-refractivity contribution < 1.29 is 4.74 Å². The molecule has 0 spiro atoms. The Morgan fingerprint density at radius 2 is 1.61 bits per heavy atom. The van der Waals surface area contributed by atoms with Crippen LogP contribution < -0.4 is 19.9 Å². The number of aromatic nitrogens is 4. The van der Waals surface area contributed by atoms with Crippen LogP contribution in [0, 0.1) is 0 Å². The van der Waals surface area contributed by atoms with Gasteiger partial charge in [0, 0.05) is 56.0 Å². The molecule has 3 heterocycles. The fourth-order valence-electron chi connectivity index (χ4n) is 3.77. The summed E-state index contributed by atoms with van der Waals surface area (Å²) >= 11 is 0. The molecule has 31 heavy (non-hydrogen) atoms. The van der Waals surface area contributed by atoms with E-state index in [0.717, 1.165) is 43.4 Å². The van der Waals surface area contributed by atoms with Crippen molar-refractivity contribution in [3.05, 3.63) is 67.0 Å². The lowest BCUT2D eigenvalue weighted by Gasteiger charge is -2.36. The minimum Gasteiger partial charge on any atom is -0.497 e. The van der Waals surface area contributed by atoms with Gasteiger partial charge in [0.1, 0.15) is 5.75 Å². The summed E-state index contributed by atoms with van der Waals surface area (Å²) in [5, 5.41) is 3.28. The topological polar surface area (TPSA) is 79.3 Å². The Morgan fingerprint density at radius 1 is 0.839 bits per heavy atom. The summed E-state index contributed by atoms with van der Waals surface area (Å²) in [6.45, 7) is 3.51. The van der Waals surface area contributed by atoms with Crippen LogP contribution in [0.15, 0.2) is 67.0 Å². The van der Waals surface area contributed by atoms with Gasteiger partial charge in [-0.05, 0) is 24.3 Å². The lowest BCUT2D eigenvalue weighted by Crippen LogP contribution is -2.47. The summed E-state index contributed by atoms with van der Waals surface area (Å²) < 4.78 is 5.31. The second-order valence-corrected chi connectivity index (χ2v) is 7.27. The van der Waals surface area contributed by atoms with Crippen LogP contribution in [0.5, 0.6) is 5.75 Å². The van der Waals surface area contributed by atoms with Gasteiger partial charge in [0.15, 0.2) is 17.0 Å². The molecule has 8 nitrogen and oxygen atoms in total. The van der Waals surface area contributed by atoms with Gasteiger partial charge >= 0.3 is 0 Å². The van der Waals surface area contributed by atoms with Crippen LogP contribution in [0.4, 0.5) is 23.1 Å². The van der Waals surface area contributed by atoms with Crippen LogP contribution in [0.3, 0.4) is 0 Å². The number of anilines is 4. The number of hydrogen-bond acceptors (Lipinski definition) is 8. The Labute approximate surface area is 180 Å². The molecular weight excluding hydrogens is 390 g/mol. The normalized spacial score (nSPS) is 14.0. The van der Waals surface area contributed by atoms with Gasteiger partial charge in [-0.25, -0.2) is 9.97 Å². The predicted molar refractivity (Wildman–Crippen MR) is 122 cm³/mol. The standard InChI is InChI=1S/C23H23N7O/c1-31-19-9-5-6-17(16-19)26-23-27-21-20(24-10-11-25-21)22(28-23)30-14-12-29(13-15-30)18-7-3-2-4-8-18/h2-11,16H,12-15H2,1H3,(H,25,26,27,28). The molecule has 0 radical (unpaired) electrons. The molecule has 0 saturated carbocycles. The van der Waals surface area contributed by atoms with E-state index >= 15 is 0 Å². The first-order valence-electron chi connectivity index (χ1n) is 10.2. The molecule has 0 atom stereocenters. The zero-order valence-electron chi connectivity index (χ0n) is 17.3. The maximum Gasteiger partial charge on any atom is 0.231 e. The van der Waals surface area contributed by atoms with Crippen LogP contribution in [0.1, 0.15) is 0 Å². The van der Waals surface area contributed by atoms with Gasteiger partial charge in [-0.15, -0.1) is 0 Å². The Balaban J connectivity index is 1.43. The zero-order chi connectivity index (χ0) is 21.0. The van der Waals surface area contributed by atoms with E-state index in [0.29, 0.717) is 17.1 Å². The number of para-hydroxylation sites is 1. The smallest absolute Gasteiger partial charge is 0.231 e. The van der Waals surface area contributed by atoms with Crippen molar-refractivity contribution in [2.24, 2.45) is 0 Å². The molecule has 0 amide bonds. The number of nitrogens with zero attached hydrogens (tertiary/aromatic N) is 6. The average Bonchev–Trinajstić information content (AvgIpc) is 2.84. The second-order valence-electron chi connectivity index (χ2n) is 7.27. The highest BCUT2D eigenvalue weighted by Crippen LogP contribution is 2.27. The van der Waals surface area contributed by atoms with Crippen LogP contribution in [0.2, 0.25) is 0 Å². The van der Waals surface area contributed by atoms with E-state index in [1.165, 1.54) is 5.69 Å². The SMILES string of the molecule is COc1cccc(Nc2nc(N3CCN(c4ccccc4)CC3)c3nccnc3n2)c1. The van der Waals surface area contributed by atoms with Gasteiger partial charge in [0.05, 0.1) is 7.11 Å². The molecule has 156 valence electrons. The Bertz CT molecular complexity index is 1180. The molecule has 1 fully saturated rings. The number of piperazine rings is 1. The quantitative estimate of drug-likeness (QED) is 0.533. The third kappa shape index (κ3) is 4.05. The van der Waals surface area contributed by atoms with Crippen molar-refractivity contribution >= 4 is 34.3 Å². The fourth-order valence-corrected chi connectivity index (χ4v) is 3.77. The molecule has 0 bridgehead atoms. The molecule has 0 unspecified atom stereocenters. The summed E-state index contributed by atoms with van der Waals surface area (Å²) in [7, 11) is 1.65. The van der Waals surface area contributed by atoms with Crippen LogP contribution in [-0.4, -0.2) is 53.2 Å². The van der Waals surface area contributed by atoms with Gasteiger partial charge in [-0.3, -0.25) is 0 Å². The summed E-state index contributed by atoms with van der Waals surface area (Å²) in [5.74, 6) is 2.06. The molecule has 8 heteroatoms. The van der Waals surface area contributed by atoms with Crippen molar-refractivity contribution in [3.8, 4) is 5.75 Å². The summed E-state index contributed by atoms with van der Waals surface area (Å²) in [5.41, 5.74) is 3.38. The fraction of sp³-hybridized carbons (Fsp3) is 0.217. The monoisotopic (exact) mass is 413 g/mol. The molecule has 1 N–H and O–H groups in total. The van der Waals surface area contributed by atoms with Gasteiger partial charge in [0.2, 0.25) is 5.95 Å². The Hall–Kier alpha value is -3.94. The van der Waals surface area contributed by atoms with Gasteiger partial charge < -0.3 is 19.9 Å². The van der Waals surface area contributed by atoms with E-state index in [2.05, 4.69) is 54.3 Å². The molecule has 2 aromatic carbocycles. The third-order valence-corrected chi connectivity index (χ3v) is 5.34. The molecule has 1 saturated heterocycles. The van der Waals surface area contributed by atoms with Gasteiger partial charge in [-0.2, -0.15) is 9.97 Å². The van der Waals surface area contributed by atoms with Crippen molar-refractivity contribution in [1.29, 1.82) is 0 Å². The van der Waals surface area contributed by atoms with Crippen molar-refractivity contribution in [1.82, 2.24) is 19.9 Å². The number of nitrogens with one attached hydrogen (secondary N) is 1. The van der Waals surface area contributed by atoms with Crippen LogP contribution in [0.25, 0.3) is 11.2 Å². The van der Waals surface area contributed by atoms with Crippen molar-refractivity contribution in [2.75, 3.05) is 48.4 Å². The lowest BCUT2D eigenvalue weighted by atomic mass is 10.2. The van der Waals surface area contributed by atoms with Gasteiger partial charge in [-0.1, -0.05) is 24.3 Å². The van der Waals surface area contributed by atoms with Crippen molar-refractivity contribution in [2.45, 2.75) is 0 Å². The first kappa shape index (κ1) is 19.0. The minimum absolute atomic E-state index is 0.488. The maximum absolute atomic E-state index is 5.31. The summed E-state index contributed by atoms with van der Waals surface area (Å²) in [4.78, 5) is 23.0. The highest BCUT2D eigenvalue weighted by molar-refractivity contribution is 5.84. The molecule has 0 aliphatic carbocycles. The number of fused-ring (bicyclic) bond motifs is 1. The van der Waals surface area contributed by atoms with E-state index in [1.807, 2.05) is 30.3 Å². The number of methoxy groups -OCH3 is 1. The average molecular weight is 413 g/mol. The molecule has 5 rings (SSSR count). The first-order chi connectivity index (χ1) is 15.3. The maximum atomic E-state index is 5.31. The van der Waals surface area contributed by atoms with Gasteiger partial charge in [0.25, 0.3) is 0 Å². The molecule has 2 aromatic heterocycles. The Morgan fingerprint density at radius 3 is 2.42 bits per heavy atom. The number of rotatable bonds is 5. The molecule has 4 aromatic rings. The van der Waals surface area contributed by atoms with Crippen LogP contribution in [-0.2, 0) is 0 Å².